The molecule has 3 saturated carbocycles. The molecule has 3 aliphatic carbocycles. The molecule has 1 aliphatic heterocycles. The van der Waals surface area contributed by atoms with Crippen molar-refractivity contribution in [3.05, 3.63) is 0 Å². The number of carbonyl (C=O) groups is 1. The summed E-state index contributed by atoms with van der Waals surface area (Å²) < 4.78 is 0. The molecule has 4 fully saturated rings. The first-order chi connectivity index (χ1) is 14.2. The quantitative estimate of drug-likeness (QED) is 0.400. The number of hydrogen-bond acceptors (Lipinski definition) is 1. The van der Waals surface area contributed by atoms with Gasteiger partial charge in [-0.05, 0) is 90.8 Å². The summed E-state index contributed by atoms with van der Waals surface area (Å²) in [6.07, 6.45) is 13.0. The lowest BCUT2D eigenvalue weighted by molar-refractivity contribution is -0.144. The van der Waals surface area contributed by atoms with Gasteiger partial charge in [-0.25, -0.2) is 0 Å². The third kappa shape index (κ3) is 3.81. The molecule has 2 nitrogen and oxygen atoms in total. The Morgan fingerprint density at radius 3 is 2.47 bits per heavy atom. The van der Waals surface area contributed by atoms with Gasteiger partial charge in [0.25, 0.3) is 0 Å². The number of alkyl halides is 1. The fraction of sp³-hybridized carbons (Fsp3) is 0.963. The Bertz CT molecular complexity index is 634. The van der Waals surface area contributed by atoms with Crippen LogP contribution < -0.4 is 5.32 Å². The fourth-order valence-corrected chi connectivity index (χ4v) is 9.73. The van der Waals surface area contributed by atoms with E-state index < -0.39 is 0 Å². The third-order valence-electron chi connectivity index (χ3n) is 10.7. The molecule has 172 valence electrons. The lowest BCUT2D eigenvalue weighted by Gasteiger charge is -2.62. The van der Waals surface area contributed by atoms with Gasteiger partial charge in [0.05, 0.1) is 0 Å². The highest BCUT2D eigenvalue weighted by molar-refractivity contribution is 9.09. The minimum atomic E-state index is 0.293. The molecule has 30 heavy (non-hydrogen) atoms. The van der Waals surface area contributed by atoms with E-state index in [4.69, 9.17) is 0 Å². The first-order valence-electron chi connectivity index (χ1n) is 13.1. The Balaban J connectivity index is 1.54. The summed E-state index contributed by atoms with van der Waals surface area (Å²) in [7, 11) is 0. The van der Waals surface area contributed by atoms with Crippen molar-refractivity contribution < 1.29 is 4.79 Å². The van der Waals surface area contributed by atoms with Gasteiger partial charge in [0, 0.05) is 17.8 Å². The second-order valence-corrected chi connectivity index (χ2v) is 13.2. The molecule has 0 aromatic heterocycles. The molecule has 1 saturated heterocycles. The lowest BCUT2D eigenvalue weighted by atomic mass is 9.44. The number of fused-ring (bicyclic) bond motifs is 5. The average molecular weight is 481 g/mol. The van der Waals surface area contributed by atoms with Gasteiger partial charge in [0.2, 0.25) is 5.91 Å². The van der Waals surface area contributed by atoms with E-state index in [2.05, 4.69) is 55.9 Å². The van der Waals surface area contributed by atoms with Crippen molar-refractivity contribution in [3.8, 4) is 0 Å². The molecule has 1 unspecified atom stereocenters. The van der Waals surface area contributed by atoms with Crippen molar-refractivity contribution in [2.24, 2.45) is 52.3 Å². The lowest BCUT2D eigenvalue weighted by Crippen LogP contribution is -2.63. The van der Waals surface area contributed by atoms with Gasteiger partial charge < -0.3 is 5.32 Å². The van der Waals surface area contributed by atoms with E-state index in [1.54, 1.807) is 0 Å². The van der Waals surface area contributed by atoms with Gasteiger partial charge >= 0.3 is 0 Å². The maximum atomic E-state index is 12.2. The van der Waals surface area contributed by atoms with Crippen LogP contribution in [0.1, 0.15) is 98.8 Å². The number of nitrogens with one attached hydrogen (secondary N) is 1. The van der Waals surface area contributed by atoms with Crippen molar-refractivity contribution in [2.45, 2.75) is 105 Å². The normalized spacial score (nSPS) is 46.7. The number of piperidine rings is 1. The van der Waals surface area contributed by atoms with Crippen LogP contribution >= 0.6 is 15.9 Å². The van der Waals surface area contributed by atoms with Crippen LogP contribution in [0, 0.1) is 52.3 Å². The van der Waals surface area contributed by atoms with Crippen LogP contribution in [0.15, 0.2) is 0 Å². The molecule has 0 radical (unpaired) electrons. The predicted octanol–water partition coefficient (Wildman–Crippen LogP) is 7.21. The molecule has 4 aliphatic rings. The largest absolute Gasteiger partial charge is 0.353 e. The second kappa shape index (κ2) is 8.71. The van der Waals surface area contributed by atoms with Crippen molar-refractivity contribution in [1.29, 1.82) is 0 Å². The Labute approximate surface area is 194 Å². The highest BCUT2D eigenvalue weighted by atomic mass is 79.9. The molecular weight excluding hydrogens is 434 g/mol. The van der Waals surface area contributed by atoms with Crippen molar-refractivity contribution in [2.75, 3.05) is 5.33 Å². The molecule has 1 amide bonds. The summed E-state index contributed by atoms with van der Waals surface area (Å²) in [5.74, 6) is 6.20. The number of carbonyl (C=O) groups excluding carboxylic acids is 1. The molecule has 1 heterocycles. The zero-order valence-corrected chi connectivity index (χ0v) is 21.8. The van der Waals surface area contributed by atoms with E-state index in [-0.39, 0.29) is 0 Å². The minimum absolute atomic E-state index is 0.293. The molecular formula is C27H46BrNO. The van der Waals surface area contributed by atoms with E-state index in [9.17, 15) is 4.79 Å². The van der Waals surface area contributed by atoms with Gasteiger partial charge in [-0.1, -0.05) is 69.8 Å². The summed E-state index contributed by atoms with van der Waals surface area (Å²) in [5.41, 5.74) is 0.861. The highest BCUT2D eigenvalue weighted by Gasteiger charge is 2.62. The summed E-state index contributed by atoms with van der Waals surface area (Å²) >= 11 is 3.92. The smallest absolute Gasteiger partial charge is 0.220 e. The molecule has 1 N–H and O–H groups in total. The Hall–Kier alpha value is -0.0500. The monoisotopic (exact) mass is 479 g/mol. The van der Waals surface area contributed by atoms with Crippen LogP contribution in [-0.4, -0.2) is 17.3 Å². The summed E-state index contributed by atoms with van der Waals surface area (Å²) in [6.45, 7) is 12.5. The topological polar surface area (TPSA) is 29.1 Å². The Morgan fingerprint density at radius 2 is 1.77 bits per heavy atom. The molecule has 4 rings (SSSR count). The van der Waals surface area contributed by atoms with E-state index >= 15 is 0 Å². The Kier molecular flexibility index (Phi) is 6.71. The zero-order chi connectivity index (χ0) is 21.7. The minimum Gasteiger partial charge on any atom is -0.353 e. The van der Waals surface area contributed by atoms with Crippen LogP contribution in [0.25, 0.3) is 0 Å². The Morgan fingerprint density at radius 1 is 1.03 bits per heavy atom. The molecule has 0 bridgehead atoms. The van der Waals surface area contributed by atoms with E-state index in [0.717, 1.165) is 59.6 Å². The second-order valence-electron chi connectivity index (χ2n) is 12.6. The molecule has 0 aromatic carbocycles. The van der Waals surface area contributed by atoms with Crippen molar-refractivity contribution in [1.82, 2.24) is 5.32 Å². The maximum absolute atomic E-state index is 12.2. The SMILES string of the molecule is CC(C)CCC[C@@H](C)[C@H]1CC[C@H]2[C@@H]3C(CBr)C[C@H]4NC(=O)CC[C@]4(C)[C@H]3CC[C@]12C. The summed E-state index contributed by atoms with van der Waals surface area (Å²) in [6, 6.07) is 0.402. The number of amides is 1. The predicted molar refractivity (Wildman–Crippen MR) is 130 cm³/mol. The fourth-order valence-electron chi connectivity index (χ4n) is 9.03. The van der Waals surface area contributed by atoms with Crippen LogP contribution in [0.5, 0.6) is 0 Å². The summed E-state index contributed by atoms with van der Waals surface area (Å²) in [4.78, 5) is 12.2. The number of hydrogen-bond donors (Lipinski definition) is 1. The van der Waals surface area contributed by atoms with Crippen molar-refractivity contribution >= 4 is 21.8 Å². The van der Waals surface area contributed by atoms with Crippen LogP contribution in [-0.2, 0) is 4.79 Å². The summed E-state index contributed by atoms with van der Waals surface area (Å²) in [5, 5.41) is 4.53. The van der Waals surface area contributed by atoms with Crippen molar-refractivity contribution in [3.63, 3.8) is 0 Å². The van der Waals surface area contributed by atoms with Gasteiger partial charge in [-0.3, -0.25) is 4.79 Å². The molecule has 0 spiro atoms. The van der Waals surface area contributed by atoms with Crippen LogP contribution in [0.3, 0.4) is 0 Å². The van der Waals surface area contributed by atoms with E-state index in [1.165, 1.54) is 51.4 Å². The zero-order valence-electron chi connectivity index (χ0n) is 20.2. The van der Waals surface area contributed by atoms with Crippen LogP contribution in [0.4, 0.5) is 0 Å². The third-order valence-corrected chi connectivity index (χ3v) is 11.5. The van der Waals surface area contributed by atoms with Gasteiger partial charge in [0.15, 0.2) is 0 Å². The molecule has 3 heteroatoms. The average Bonchev–Trinajstić information content (AvgIpc) is 3.05. The highest BCUT2D eigenvalue weighted by Crippen LogP contribution is 2.68. The van der Waals surface area contributed by atoms with E-state index in [1.807, 2.05) is 0 Å². The van der Waals surface area contributed by atoms with E-state index in [0.29, 0.717) is 22.8 Å². The number of halogens is 1. The number of rotatable bonds is 6. The first kappa shape index (κ1) is 23.1. The van der Waals surface area contributed by atoms with Crippen LogP contribution in [0.2, 0.25) is 0 Å². The van der Waals surface area contributed by atoms with Gasteiger partial charge in [0.1, 0.15) is 0 Å². The van der Waals surface area contributed by atoms with Gasteiger partial charge in [-0.15, -0.1) is 0 Å². The first-order valence-corrected chi connectivity index (χ1v) is 14.2. The van der Waals surface area contributed by atoms with Gasteiger partial charge in [-0.2, -0.15) is 0 Å². The molecule has 0 aromatic rings. The maximum Gasteiger partial charge on any atom is 0.220 e. The molecule has 9 atom stereocenters. The standard InChI is InChI=1S/C27H46BrNO/c1-17(2)7-6-8-18(3)20-9-10-21-25-19(16-28)15-23-27(5,14-12-24(30)29-23)22(25)11-13-26(20,21)4/h17-23,25H,6-16H2,1-5H3,(H,29,30)/t18-,19?,20-,21+,22+,23-,25+,26-,27-/m1/s1.